The van der Waals surface area contributed by atoms with Crippen molar-refractivity contribution in [1.82, 2.24) is 14.5 Å². The van der Waals surface area contributed by atoms with E-state index in [1.54, 1.807) is 4.31 Å². The van der Waals surface area contributed by atoms with E-state index < -0.39 is 10.0 Å². The Bertz CT molecular complexity index is 432. The van der Waals surface area contributed by atoms with E-state index >= 15 is 0 Å². The third-order valence-corrected chi connectivity index (χ3v) is 5.50. The first-order valence-electron chi connectivity index (χ1n) is 5.23. The van der Waals surface area contributed by atoms with E-state index in [4.69, 9.17) is 0 Å². The molecule has 90 valence electrons. The first-order valence-corrected chi connectivity index (χ1v) is 7.79. The number of aromatic nitrogens is 2. The Morgan fingerprint density at radius 1 is 1.56 bits per heavy atom. The zero-order valence-electron chi connectivity index (χ0n) is 8.76. The summed E-state index contributed by atoms with van der Waals surface area (Å²) in [6, 6.07) is 0.0636. The van der Waals surface area contributed by atoms with Gasteiger partial charge in [-0.15, -0.1) is 0 Å². The maximum atomic E-state index is 12.3. The SMILES string of the molecule is O=S(=O)(c1cn[nH]c1)N1CCCCC1CBr. The number of nitrogens with zero attached hydrogens (tertiary/aromatic N) is 2. The molecule has 1 aliphatic rings. The summed E-state index contributed by atoms with van der Waals surface area (Å²) in [6.07, 6.45) is 5.72. The molecule has 1 saturated heterocycles. The van der Waals surface area contributed by atoms with Gasteiger partial charge in [-0.05, 0) is 12.8 Å². The summed E-state index contributed by atoms with van der Waals surface area (Å²) in [5.41, 5.74) is 0. The van der Waals surface area contributed by atoms with Gasteiger partial charge in [0.15, 0.2) is 0 Å². The maximum absolute atomic E-state index is 12.3. The van der Waals surface area contributed by atoms with Crippen molar-refractivity contribution in [2.75, 3.05) is 11.9 Å². The summed E-state index contributed by atoms with van der Waals surface area (Å²) in [7, 11) is -3.37. The van der Waals surface area contributed by atoms with Crippen LogP contribution < -0.4 is 0 Å². The fourth-order valence-corrected chi connectivity index (χ4v) is 4.43. The number of halogens is 1. The van der Waals surface area contributed by atoms with Gasteiger partial charge in [0, 0.05) is 24.1 Å². The lowest BCUT2D eigenvalue weighted by molar-refractivity contribution is 0.273. The van der Waals surface area contributed by atoms with Crippen molar-refractivity contribution < 1.29 is 8.42 Å². The highest BCUT2D eigenvalue weighted by atomic mass is 79.9. The Balaban J connectivity index is 2.28. The van der Waals surface area contributed by atoms with Crippen LogP contribution in [0.25, 0.3) is 0 Å². The molecule has 1 aliphatic heterocycles. The molecular weight excluding hydrogens is 294 g/mol. The number of aromatic amines is 1. The minimum atomic E-state index is -3.37. The molecule has 1 N–H and O–H groups in total. The van der Waals surface area contributed by atoms with Crippen LogP contribution in [0, 0.1) is 0 Å². The average Bonchev–Trinajstić information content (AvgIpc) is 2.83. The fraction of sp³-hybridized carbons (Fsp3) is 0.667. The molecule has 2 heterocycles. The molecule has 5 nitrogen and oxygen atoms in total. The lowest BCUT2D eigenvalue weighted by atomic mass is 10.1. The second kappa shape index (κ2) is 4.85. The molecule has 0 saturated carbocycles. The monoisotopic (exact) mass is 307 g/mol. The normalized spacial score (nSPS) is 23.4. The Kier molecular flexibility index (Phi) is 3.66. The van der Waals surface area contributed by atoms with Gasteiger partial charge >= 0.3 is 0 Å². The molecule has 1 atom stereocenters. The van der Waals surface area contributed by atoms with E-state index in [0.29, 0.717) is 11.9 Å². The molecule has 7 heteroatoms. The van der Waals surface area contributed by atoms with Crippen LogP contribution in [0.5, 0.6) is 0 Å². The first-order chi connectivity index (χ1) is 7.66. The lowest BCUT2D eigenvalue weighted by Gasteiger charge is -2.33. The minimum Gasteiger partial charge on any atom is -0.284 e. The summed E-state index contributed by atoms with van der Waals surface area (Å²) in [4.78, 5) is 0.250. The summed E-state index contributed by atoms with van der Waals surface area (Å²) in [6.45, 7) is 0.601. The fourth-order valence-electron chi connectivity index (χ4n) is 1.96. The average molecular weight is 308 g/mol. The Labute approximate surface area is 103 Å². The Morgan fingerprint density at radius 2 is 2.38 bits per heavy atom. The molecule has 0 spiro atoms. The number of nitrogens with one attached hydrogen (secondary N) is 1. The number of alkyl halides is 1. The van der Waals surface area contributed by atoms with Gasteiger partial charge in [0.1, 0.15) is 4.90 Å². The van der Waals surface area contributed by atoms with Gasteiger partial charge in [-0.25, -0.2) is 8.42 Å². The van der Waals surface area contributed by atoms with Crippen LogP contribution in [0.4, 0.5) is 0 Å². The predicted molar refractivity (Wildman–Crippen MR) is 63.9 cm³/mol. The molecule has 1 unspecified atom stereocenters. The van der Waals surface area contributed by atoms with Crippen molar-refractivity contribution in [3.05, 3.63) is 12.4 Å². The van der Waals surface area contributed by atoms with Crippen LogP contribution >= 0.6 is 15.9 Å². The van der Waals surface area contributed by atoms with E-state index in [1.165, 1.54) is 12.4 Å². The van der Waals surface area contributed by atoms with Crippen molar-refractivity contribution in [2.24, 2.45) is 0 Å². The topological polar surface area (TPSA) is 66.1 Å². The highest BCUT2D eigenvalue weighted by Crippen LogP contribution is 2.25. The van der Waals surface area contributed by atoms with E-state index in [9.17, 15) is 8.42 Å². The molecule has 0 radical (unpaired) electrons. The number of H-pyrrole nitrogens is 1. The molecular formula is C9H14BrN3O2S. The van der Waals surface area contributed by atoms with Crippen molar-refractivity contribution in [1.29, 1.82) is 0 Å². The molecule has 0 bridgehead atoms. The maximum Gasteiger partial charge on any atom is 0.246 e. The molecule has 1 aromatic heterocycles. The third-order valence-electron chi connectivity index (χ3n) is 2.83. The first kappa shape index (κ1) is 12.1. The highest BCUT2D eigenvalue weighted by molar-refractivity contribution is 9.09. The number of hydrogen-bond donors (Lipinski definition) is 1. The van der Waals surface area contributed by atoms with Gasteiger partial charge in [0.25, 0.3) is 0 Å². The summed E-state index contributed by atoms with van der Waals surface area (Å²) >= 11 is 3.38. The van der Waals surface area contributed by atoms with Crippen LogP contribution in [0.1, 0.15) is 19.3 Å². The molecule has 1 fully saturated rings. The van der Waals surface area contributed by atoms with E-state index in [-0.39, 0.29) is 10.9 Å². The largest absolute Gasteiger partial charge is 0.284 e. The number of piperidine rings is 1. The van der Waals surface area contributed by atoms with Crippen molar-refractivity contribution in [3.63, 3.8) is 0 Å². The molecule has 2 rings (SSSR count). The summed E-state index contributed by atoms with van der Waals surface area (Å²) < 4.78 is 26.1. The van der Waals surface area contributed by atoms with E-state index in [0.717, 1.165) is 19.3 Å². The van der Waals surface area contributed by atoms with Crippen LogP contribution in [-0.4, -0.2) is 40.8 Å². The quantitative estimate of drug-likeness (QED) is 0.857. The second-order valence-corrected chi connectivity index (χ2v) is 6.39. The smallest absolute Gasteiger partial charge is 0.246 e. The van der Waals surface area contributed by atoms with Crippen LogP contribution in [-0.2, 0) is 10.0 Å². The summed E-state index contributed by atoms with van der Waals surface area (Å²) in [5.74, 6) is 0. The van der Waals surface area contributed by atoms with Crippen LogP contribution in [0.2, 0.25) is 0 Å². The molecule has 0 amide bonds. The van der Waals surface area contributed by atoms with Crippen LogP contribution in [0.3, 0.4) is 0 Å². The van der Waals surface area contributed by atoms with Crippen molar-refractivity contribution in [2.45, 2.75) is 30.2 Å². The standard InChI is InChI=1S/C9H14BrN3O2S/c10-5-8-3-1-2-4-13(8)16(14,15)9-6-11-12-7-9/h6-8H,1-5H2,(H,11,12). The lowest BCUT2D eigenvalue weighted by Crippen LogP contribution is -2.44. The van der Waals surface area contributed by atoms with Crippen molar-refractivity contribution in [3.8, 4) is 0 Å². The number of sulfonamides is 1. The number of rotatable bonds is 3. The molecule has 1 aromatic rings. The van der Waals surface area contributed by atoms with Gasteiger partial charge in [0.2, 0.25) is 10.0 Å². The molecule has 16 heavy (non-hydrogen) atoms. The predicted octanol–water partition coefficient (Wildman–Crippen LogP) is 1.35. The summed E-state index contributed by atoms with van der Waals surface area (Å²) in [5, 5.41) is 6.92. The second-order valence-electron chi connectivity index (χ2n) is 3.85. The molecule has 0 aromatic carbocycles. The molecule has 0 aliphatic carbocycles. The van der Waals surface area contributed by atoms with Crippen molar-refractivity contribution >= 4 is 26.0 Å². The number of hydrogen-bond acceptors (Lipinski definition) is 3. The van der Waals surface area contributed by atoms with Gasteiger partial charge in [-0.2, -0.15) is 9.40 Å². The third kappa shape index (κ3) is 2.16. The minimum absolute atomic E-state index is 0.0636. The Morgan fingerprint density at radius 3 is 3.00 bits per heavy atom. The van der Waals surface area contributed by atoms with Gasteiger partial charge < -0.3 is 0 Å². The van der Waals surface area contributed by atoms with Gasteiger partial charge in [0.05, 0.1) is 6.20 Å². The van der Waals surface area contributed by atoms with Gasteiger partial charge in [-0.1, -0.05) is 22.4 Å². The zero-order chi connectivity index (χ0) is 11.6. The van der Waals surface area contributed by atoms with E-state index in [2.05, 4.69) is 26.1 Å². The highest BCUT2D eigenvalue weighted by Gasteiger charge is 2.33. The van der Waals surface area contributed by atoms with Gasteiger partial charge in [-0.3, -0.25) is 5.10 Å². The Hall–Kier alpha value is -0.400. The van der Waals surface area contributed by atoms with Crippen LogP contribution in [0.15, 0.2) is 17.3 Å². The zero-order valence-corrected chi connectivity index (χ0v) is 11.2. The van der Waals surface area contributed by atoms with E-state index in [1.807, 2.05) is 0 Å².